The van der Waals surface area contributed by atoms with Gasteiger partial charge in [0, 0.05) is 23.5 Å². The zero-order chi connectivity index (χ0) is 12.3. The summed E-state index contributed by atoms with van der Waals surface area (Å²) in [6.07, 6.45) is 1.79. The van der Waals surface area contributed by atoms with Gasteiger partial charge in [-0.1, -0.05) is 13.0 Å². The van der Waals surface area contributed by atoms with Gasteiger partial charge in [0.25, 0.3) is 0 Å². The molecule has 4 heteroatoms. The van der Waals surface area contributed by atoms with Gasteiger partial charge < -0.3 is 5.32 Å². The number of thiophene rings is 1. The van der Waals surface area contributed by atoms with Gasteiger partial charge in [-0.15, -0.1) is 11.3 Å². The molecule has 0 bridgehead atoms. The highest BCUT2D eigenvalue weighted by Gasteiger charge is 2.08. The van der Waals surface area contributed by atoms with E-state index in [1.807, 2.05) is 13.8 Å². The average Bonchev–Trinajstić information content (AvgIpc) is 2.83. The van der Waals surface area contributed by atoms with Crippen LogP contribution in [0.2, 0.25) is 0 Å². The summed E-state index contributed by atoms with van der Waals surface area (Å²) >= 11 is 1.80. The molecule has 0 amide bonds. The van der Waals surface area contributed by atoms with Crippen LogP contribution in [0, 0.1) is 13.8 Å². The minimum Gasteiger partial charge on any atom is -0.368 e. The molecule has 0 aliphatic heterocycles. The number of nitrogens with one attached hydrogen (secondary N) is 1. The molecule has 0 saturated heterocycles. The molecule has 2 aromatic rings. The number of anilines is 1. The normalized spacial score (nSPS) is 12.4. The maximum atomic E-state index is 4.46. The van der Waals surface area contributed by atoms with Crippen molar-refractivity contribution in [2.24, 2.45) is 0 Å². The van der Waals surface area contributed by atoms with Gasteiger partial charge in [-0.25, -0.2) is 4.98 Å². The molecule has 0 aliphatic rings. The van der Waals surface area contributed by atoms with Gasteiger partial charge in [0.2, 0.25) is 0 Å². The van der Waals surface area contributed by atoms with Crippen molar-refractivity contribution in [2.75, 3.05) is 11.9 Å². The van der Waals surface area contributed by atoms with Crippen LogP contribution in [0.1, 0.15) is 29.1 Å². The molecule has 1 N–H and O–H groups in total. The van der Waals surface area contributed by atoms with Crippen LogP contribution in [0.25, 0.3) is 0 Å². The van der Waals surface area contributed by atoms with Crippen molar-refractivity contribution in [2.45, 2.75) is 26.7 Å². The van der Waals surface area contributed by atoms with E-state index in [0.717, 1.165) is 23.8 Å². The first-order chi connectivity index (χ1) is 8.16. The van der Waals surface area contributed by atoms with Crippen molar-refractivity contribution in [1.82, 2.24) is 9.97 Å². The van der Waals surface area contributed by atoms with Crippen LogP contribution in [0.5, 0.6) is 0 Å². The highest BCUT2D eigenvalue weighted by atomic mass is 32.1. The Labute approximate surface area is 106 Å². The average molecular weight is 247 g/mol. The Bertz CT molecular complexity index is 479. The van der Waals surface area contributed by atoms with Gasteiger partial charge in [0.1, 0.15) is 5.82 Å². The van der Waals surface area contributed by atoms with E-state index in [4.69, 9.17) is 0 Å². The molecule has 0 fully saturated rings. The molecule has 1 atom stereocenters. The quantitative estimate of drug-likeness (QED) is 0.900. The number of hydrogen-bond acceptors (Lipinski definition) is 4. The molecule has 2 heterocycles. The van der Waals surface area contributed by atoms with E-state index >= 15 is 0 Å². The third-order valence-electron chi connectivity index (χ3n) is 2.68. The third kappa shape index (κ3) is 3.03. The van der Waals surface area contributed by atoms with Crippen molar-refractivity contribution in [3.8, 4) is 0 Å². The summed E-state index contributed by atoms with van der Waals surface area (Å²) < 4.78 is 0. The molecular weight excluding hydrogens is 230 g/mol. The second kappa shape index (κ2) is 5.27. The Morgan fingerprint density at radius 1 is 1.41 bits per heavy atom. The number of nitrogens with zero attached hydrogens (tertiary/aromatic N) is 2. The van der Waals surface area contributed by atoms with Gasteiger partial charge >= 0.3 is 0 Å². The van der Waals surface area contributed by atoms with E-state index in [-0.39, 0.29) is 0 Å². The monoisotopic (exact) mass is 247 g/mol. The van der Waals surface area contributed by atoms with Crippen LogP contribution in [-0.2, 0) is 0 Å². The van der Waals surface area contributed by atoms with Crippen molar-refractivity contribution < 1.29 is 0 Å². The smallest absolute Gasteiger partial charge is 0.147 e. The van der Waals surface area contributed by atoms with E-state index in [2.05, 4.69) is 39.7 Å². The molecule has 17 heavy (non-hydrogen) atoms. The largest absolute Gasteiger partial charge is 0.368 e. The first-order valence-electron chi connectivity index (χ1n) is 5.74. The van der Waals surface area contributed by atoms with E-state index < -0.39 is 0 Å². The maximum absolute atomic E-state index is 4.46. The summed E-state index contributed by atoms with van der Waals surface area (Å²) in [7, 11) is 0. The summed E-state index contributed by atoms with van der Waals surface area (Å²) in [5.74, 6) is 1.39. The first-order valence-corrected chi connectivity index (χ1v) is 6.62. The summed E-state index contributed by atoms with van der Waals surface area (Å²) in [5, 5.41) is 5.49. The number of rotatable bonds is 4. The Hall–Kier alpha value is -1.42. The lowest BCUT2D eigenvalue weighted by Gasteiger charge is -2.13. The van der Waals surface area contributed by atoms with Crippen molar-refractivity contribution in [1.29, 1.82) is 0 Å². The molecule has 3 nitrogen and oxygen atoms in total. The van der Waals surface area contributed by atoms with Gasteiger partial charge in [0.05, 0.1) is 11.4 Å². The lowest BCUT2D eigenvalue weighted by molar-refractivity contribution is 0.814. The predicted octanol–water partition coefficient (Wildman–Crippen LogP) is 3.37. The molecular formula is C13H17N3S. The van der Waals surface area contributed by atoms with Crippen LogP contribution in [0.4, 0.5) is 5.82 Å². The van der Waals surface area contributed by atoms with E-state index in [9.17, 15) is 0 Å². The first kappa shape index (κ1) is 12.0. The van der Waals surface area contributed by atoms with Crippen LogP contribution < -0.4 is 5.32 Å². The zero-order valence-electron chi connectivity index (χ0n) is 10.4. The summed E-state index contributed by atoms with van der Waals surface area (Å²) in [6.45, 7) is 7.04. The lowest BCUT2D eigenvalue weighted by atomic mass is 10.1. The Balaban J connectivity index is 2.00. The van der Waals surface area contributed by atoms with Gasteiger partial charge in [-0.2, -0.15) is 0 Å². The highest BCUT2D eigenvalue weighted by Crippen LogP contribution is 2.21. The molecule has 1 unspecified atom stereocenters. The summed E-state index contributed by atoms with van der Waals surface area (Å²) in [6, 6.07) is 4.26. The number of aryl methyl sites for hydroxylation is 2. The maximum Gasteiger partial charge on any atom is 0.147 e. The predicted molar refractivity (Wildman–Crippen MR) is 72.7 cm³/mol. The minimum absolute atomic E-state index is 0.497. The molecule has 0 spiro atoms. The Morgan fingerprint density at radius 3 is 2.94 bits per heavy atom. The fraction of sp³-hybridized carbons (Fsp3) is 0.385. The molecule has 0 aliphatic carbocycles. The van der Waals surface area contributed by atoms with Crippen molar-refractivity contribution in [3.05, 3.63) is 40.0 Å². The van der Waals surface area contributed by atoms with Crippen LogP contribution in [0.15, 0.2) is 23.7 Å². The molecule has 2 aromatic heterocycles. The summed E-state index contributed by atoms with van der Waals surface area (Å²) in [5.41, 5.74) is 1.90. The van der Waals surface area contributed by atoms with Crippen LogP contribution in [0.3, 0.4) is 0 Å². The zero-order valence-corrected chi connectivity index (χ0v) is 11.2. The lowest BCUT2D eigenvalue weighted by Crippen LogP contribution is -2.11. The SMILES string of the molecule is Cc1cnc(C)c(NCC(C)c2cccs2)n1. The molecule has 0 radical (unpaired) electrons. The summed E-state index contributed by atoms with van der Waals surface area (Å²) in [4.78, 5) is 10.2. The van der Waals surface area contributed by atoms with Crippen LogP contribution >= 0.6 is 11.3 Å². The van der Waals surface area contributed by atoms with E-state index in [1.54, 1.807) is 17.5 Å². The number of aromatic nitrogens is 2. The number of hydrogen-bond donors (Lipinski definition) is 1. The van der Waals surface area contributed by atoms with Crippen molar-refractivity contribution in [3.63, 3.8) is 0 Å². The third-order valence-corrected chi connectivity index (χ3v) is 3.78. The van der Waals surface area contributed by atoms with Crippen molar-refractivity contribution >= 4 is 17.2 Å². The van der Waals surface area contributed by atoms with Gasteiger partial charge in [0.15, 0.2) is 0 Å². The van der Waals surface area contributed by atoms with Gasteiger partial charge in [-0.3, -0.25) is 4.98 Å². The molecule has 0 aromatic carbocycles. The fourth-order valence-electron chi connectivity index (χ4n) is 1.63. The molecule has 0 saturated carbocycles. The molecule has 2 rings (SSSR count). The Kier molecular flexibility index (Phi) is 3.74. The second-order valence-electron chi connectivity index (χ2n) is 4.24. The van der Waals surface area contributed by atoms with E-state index in [1.165, 1.54) is 4.88 Å². The Morgan fingerprint density at radius 2 is 2.24 bits per heavy atom. The molecule has 90 valence electrons. The second-order valence-corrected chi connectivity index (χ2v) is 5.22. The van der Waals surface area contributed by atoms with Crippen LogP contribution in [-0.4, -0.2) is 16.5 Å². The van der Waals surface area contributed by atoms with Gasteiger partial charge in [-0.05, 0) is 25.3 Å². The topological polar surface area (TPSA) is 37.8 Å². The standard InChI is InChI=1S/C13H17N3S/c1-9(12-5-4-6-17-12)7-15-13-11(3)14-8-10(2)16-13/h4-6,8-9H,7H2,1-3H3,(H,15,16). The fourth-order valence-corrected chi connectivity index (χ4v) is 2.41. The minimum atomic E-state index is 0.497. The van der Waals surface area contributed by atoms with E-state index in [0.29, 0.717) is 5.92 Å². The highest BCUT2D eigenvalue weighted by molar-refractivity contribution is 7.10.